The van der Waals surface area contributed by atoms with Crippen LogP contribution >= 0.6 is 0 Å². The van der Waals surface area contributed by atoms with E-state index in [0.717, 1.165) is 28.0 Å². The number of rotatable bonds is 8. The molecule has 3 aromatic rings. The average Bonchev–Trinajstić information content (AvgIpc) is 2.75. The molecule has 0 aliphatic carbocycles. The van der Waals surface area contributed by atoms with Gasteiger partial charge in [0, 0.05) is 5.69 Å². The Hall–Kier alpha value is -3.93. The van der Waals surface area contributed by atoms with Crippen LogP contribution in [0.1, 0.15) is 34.2 Å². The Balaban J connectivity index is 1.43. The highest BCUT2D eigenvalue weighted by molar-refractivity contribution is 6.04. The summed E-state index contributed by atoms with van der Waals surface area (Å²) in [6, 6.07) is 21.3. The predicted octanol–water partition coefficient (Wildman–Crippen LogP) is 4.67. The Morgan fingerprint density at radius 1 is 0.906 bits per heavy atom. The van der Waals surface area contributed by atoms with Crippen LogP contribution in [0.4, 0.5) is 5.69 Å². The number of hydrogen-bond donors (Lipinski definition) is 2. The number of hydrazone groups is 1. The normalized spacial score (nSPS) is 10.7. The van der Waals surface area contributed by atoms with Gasteiger partial charge in [-0.15, -0.1) is 0 Å². The van der Waals surface area contributed by atoms with Crippen LogP contribution in [-0.2, 0) is 16.2 Å². The number of aryl methyl sites for hydroxylation is 3. The van der Waals surface area contributed by atoms with E-state index in [1.807, 2.05) is 81.4 Å². The fourth-order valence-electron chi connectivity index (χ4n) is 3.13. The monoisotopic (exact) mass is 429 g/mol. The first kappa shape index (κ1) is 22.7. The van der Waals surface area contributed by atoms with E-state index in [9.17, 15) is 9.59 Å². The van der Waals surface area contributed by atoms with Gasteiger partial charge in [0.05, 0.1) is 6.21 Å². The van der Waals surface area contributed by atoms with Crippen LogP contribution in [0.2, 0.25) is 0 Å². The van der Waals surface area contributed by atoms with Crippen molar-refractivity contribution in [3.63, 3.8) is 0 Å². The van der Waals surface area contributed by atoms with Crippen molar-refractivity contribution < 1.29 is 14.3 Å². The zero-order valence-corrected chi connectivity index (χ0v) is 18.5. The highest BCUT2D eigenvalue weighted by Crippen LogP contribution is 2.16. The Bertz CT molecular complexity index is 1120. The second kappa shape index (κ2) is 10.9. The van der Waals surface area contributed by atoms with Crippen molar-refractivity contribution in [2.45, 2.75) is 33.8 Å². The first-order chi connectivity index (χ1) is 15.4. The van der Waals surface area contributed by atoms with Crippen molar-refractivity contribution >= 4 is 23.7 Å². The van der Waals surface area contributed by atoms with E-state index >= 15 is 0 Å². The molecule has 2 N–H and O–H groups in total. The SMILES string of the molecule is Cc1cccc(COc2ccc(C=NNC(=O)CC(=O)Nc3ccc(C)cc3C)cc2)c1. The molecule has 0 saturated carbocycles. The number of carbonyl (C=O) groups is 2. The average molecular weight is 430 g/mol. The van der Waals surface area contributed by atoms with Gasteiger partial charge in [-0.1, -0.05) is 47.5 Å². The molecule has 0 aliphatic rings. The highest BCUT2D eigenvalue weighted by atomic mass is 16.5. The molecule has 0 fully saturated rings. The lowest BCUT2D eigenvalue weighted by Gasteiger charge is -2.08. The number of nitrogens with zero attached hydrogens (tertiary/aromatic N) is 1. The summed E-state index contributed by atoms with van der Waals surface area (Å²) >= 11 is 0. The number of anilines is 1. The summed E-state index contributed by atoms with van der Waals surface area (Å²) in [5, 5.41) is 6.66. The van der Waals surface area contributed by atoms with Crippen LogP contribution in [0.3, 0.4) is 0 Å². The Morgan fingerprint density at radius 2 is 1.66 bits per heavy atom. The molecule has 2 amide bonds. The van der Waals surface area contributed by atoms with Gasteiger partial charge >= 0.3 is 0 Å². The van der Waals surface area contributed by atoms with Crippen LogP contribution < -0.4 is 15.5 Å². The molecule has 164 valence electrons. The van der Waals surface area contributed by atoms with E-state index in [4.69, 9.17) is 4.74 Å². The second-order valence-corrected chi connectivity index (χ2v) is 7.68. The lowest BCUT2D eigenvalue weighted by molar-refractivity contribution is -0.126. The van der Waals surface area contributed by atoms with Crippen molar-refractivity contribution in [3.05, 3.63) is 94.5 Å². The van der Waals surface area contributed by atoms with Gasteiger partial charge in [-0.3, -0.25) is 9.59 Å². The molecular formula is C26H27N3O3. The number of ether oxygens (including phenoxy) is 1. The minimum atomic E-state index is -0.485. The van der Waals surface area contributed by atoms with Crippen LogP contribution in [0.25, 0.3) is 0 Å². The smallest absolute Gasteiger partial charge is 0.249 e. The van der Waals surface area contributed by atoms with E-state index in [-0.39, 0.29) is 12.3 Å². The molecular weight excluding hydrogens is 402 g/mol. The van der Waals surface area contributed by atoms with Gasteiger partial charge in [0.1, 0.15) is 18.8 Å². The molecule has 0 heterocycles. The summed E-state index contributed by atoms with van der Waals surface area (Å²) in [5.41, 5.74) is 8.24. The molecule has 0 bridgehead atoms. The summed E-state index contributed by atoms with van der Waals surface area (Å²) in [6.07, 6.45) is 1.21. The second-order valence-electron chi connectivity index (χ2n) is 7.68. The quantitative estimate of drug-likeness (QED) is 0.310. The summed E-state index contributed by atoms with van der Waals surface area (Å²) in [5.74, 6) is -0.128. The van der Waals surface area contributed by atoms with Gasteiger partial charge in [0.15, 0.2) is 0 Å². The highest BCUT2D eigenvalue weighted by Gasteiger charge is 2.10. The fraction of sp³-hybridized carbons (Fsp3) is 0.192. The number of carbonyl (C=O) groups excluding carboxylic acids is 2. The summed E-state index contributed by atoms with van der Waals surface area (Å²) in [7, 11) is 0. The van der Waals surface area contributed by atoms with Crippen LogP contribution in [-0.4, -0.2) is 18.0 Å². The van der Waals surface area contributed by atoms with E-state index in [1.54, 1.807) is 0 Å². The van der Waals surface area contributed by atoms with Gasteiger partial charge in [-0.05, 0) is 67.8 Å². The van der Waals surface area contributed by atoms with Gasteiger partial charge in [0.25, 0.3) is 0 Å². The van der Waals surface area contributed by atoms with Crippen molar-refractivity contribution in [1.82, 2.24) is 5.43 Å². The molecule has 0 aliphatic heterocycles. The molecule has 0 spiro atoms. The third-order valence-electron chi connectivity index (χ3n) is 4.75. The van der Waals surface area contributed by atoms with Gasteiger partial charge in [0.2, 0.25) is 11.8 Å². The van der Waals surface area contributed by atoms with Gasteiger partial charge < -0.3 is 10.1 Å². The largest absolute Gasteiger partial charge is 0.489 e. The zero-order valence-electron chi connectivity index (χ0n) is 18.5. The van der Waals surface area contributed by atoms with Crippen LogP contribution in [0.5, 0.6) is 5.75 Å². The molecule has 0 aromatic heterocycles. The molecule has 0 atom stereocenters. The van der Waals surface area contributed by atoms with E-state index in [0.29, 0.717) is 12.3 Å². The number of nitrogens with one attached hydrogen (secondary N) is 2. The topological polar surface area (TPSA) is 79.8 Å². The Morgan fingerprint density at radius 3 is 2.38 bits per heavy atom. The Labute approximate surface area is 188 Å². The lowest BCUT2D eigenvalue weighted by Crippen LogP contribution is -2.24. The molecule has 32 heavy (non-hydrogen) atoms. The minimum absolute atomic E-state index is 0.309. The fourth-order valence-corrected chi connectivity index (χ4v) is 3.13. The Kier molecular flexibility index (Phi) is 7.75. The van der Waals surface area contributed by atoms with Gasteiger partial charge in [-0.2, -0.15) is 5.10 Å². The summed E-state index contributed by atoms with van der Waals surface area (Å²) in [4.78, 5) is 24.0. The molecule has 3 rings (SSSR count). The summed E-state index contributed by atoms with van der Waals surface area (Å²) in [6.45, 7) is 6.44. The number of amides is 2. The van der Waals surface area contributed by atoms with Crippen molar-refractivity contribution in [3.8, 4) is 5.75 Å². The van der Waals surface area contributed by atoms with E-state index in [1.165, 1.54) is 11.8 Å². The maximum atomic E-state index is 12.1. The molecule has 3 aromatic carbocycles. The first-order valence-electron chi connectivity index (χ1n) is 10.4. The maximum Gasteiger partial charge on any atom is 0.249 e. The minimum Gasteiger partial charge on any atom is -0.489 e. The van der Waals surface area contributed by atoms with Crippen molar-refractivity contribution in [2.75, 3.05) is 5.32 Å². The molecule has 0 radical (unpaired) electrons. The zero-order chi connectivity index (χ0) is 22.9. The maximum absolute atomic E-state index is 12.1. The number of hydrogen-bond acceptors (Lipinski definition) is 4. The van der Waals surface area contributed by atoms with Gasteiger partial charge in [-0.25, -0.2) is 5.43 Å². The van der Waals surface area contributed by atoms with E-state index in [2.05, 4.69) is 21.9 Å². The van der Waals surface area contributed by atoms with Crippen LogP contribution in [0, 0.1) is 20.8 Å². The van der Waals surface area contributed by atoms with Crippen molar-refractivity contribution in [1.29, 1.82) is 0 Å². The molecule has 0 saturated heterocycles. The first-order valence-corrected chi connectivity index (χ1v) is 10.4. The number of benzene rings is 3. The predicted molar refractivity (Wildman–Crippen MR) is 127 cm³/mol. The molecule has 0 unspecified atom stereocenters. The standard InChI is InChI=1S/C26H27N3O3/c1-18-5-4-6-22(14-18)17-32-23-10-8-21(9-11-23)16-27-29-26(31)15-25(30)28-24-12-7-19(2)13-20(24)3/h4-14,16H,15,17H2,1-3H3,(H,28,30)(H,29,31). The van der Waals surface area contributed by atoms with E-state index < -0.39 is 5.91 Å². The third kappa shape index (κ3) is 7.09. The molecule has 6 heteroatoms. The van der Waals surface area contributed by atoms with Crippen LogP contribution in [0.15, 0.2) is 71.8 Å². The third-order valence-corrected chi connectivity index (χ3v) is 4.75. The lowest BCUT2D eigenvalue weighted by atomic mass is 10.1. The van der Waals surface area contributed by atoms with Crippen molar-refractivity contribution in [2.24, 2.45) is 5.10 Å². The summed E-state index contributed by atoms with van der Waals surface area (Å²) < 4.78 is 5.79. The molecule has 6 nitrogen and oxygen atoms in total.